The van der Waals surface area contributed by atoms with Crippen molar-refractivity contribution in [1.29, 1.82) is 0 Å². The fourth-order valence-electron chi connectivity index (χ4n) is 4.33. The molecule has 0 fully saturated rings. The molecular weight excluding hydrogens is 491 g/mol. The zero-order chi connectivity index (χ0) is 27.1. The molecule has 0 radical (unpaired) electrons. The Morgan fingerprint density at radius 3 is 0.947 bits per heavy atom. The highest BCUT2D eigenvalue weighted by atomic mass is 31.2. The van der Waals surface area contributed by atoms with E-state index in [-0.39, 0.29) is 0 Å². The average Bonchev–Trinajstić information content (AvgIpc) is 2.92. The lowest BCUT2D eigenvalue weighted by Crippen LogP contribution is -2.08. The fourth-order valence-corrected chi connectivity index (χ4v) is 5.58. The highest BCUT2D eigenvalue weighted by Gasteiger charge is 2.33. The summed E-state index contributed by atoms with van der Waals surface area (Å²) in [5.74, 6) is 1.37. The highest BCUT2D eigenvalue weighted by molar-refractivity contribution is 7.49. The van der Waals surface area contributed by atoms with Crippen molar-refractivity contribution in [1.82, 2.24) is 0 Å². The van der Waals surface area contributed by atoms with Crippen LogP contribution in [-0.4, -0.2) is 0 Å². The third kappa shape index (κ3) is 10.6. The van der Waals surface area contributed by atoms with E-state index in [1.807, 2.05) is 72.8 Å². The van der Waals surface area contributed by atoms with E-state index >= 15 is 0 Å². The predicted molar refractivity (Wildman–Crippen MR) is 159 cm³/mol. The third-order valence-electron chi connectivity index (χ3n) is 6.63. The first-order valence-electron chi connectivity index (χ1n) is 14.5. The maximum Gasteiger partial charge on any atom is 0.647 e. The molecule has 0 saturated carbocycles. The van der Waals surface area contributed by atoms with Crippen molar-refractivity contribution < 1.29 is 18.1 Å². The van der Waals surface area contributed by atoms with Crippen molar-refractivity contribution in [2.24, 2.45) is 0 Å². The number of hydrogen-bond donors (Lipinski definition) is 0. The van der Waals surface area contributed by atoms with Crippen LogP contribution >= 0.6 is 7.82 Å². The molecule has 0 aliphatic rings. The van der Waals surface area contributed by atoms with E-state index in [9.17, 15) is 4.57 Å². The first kappa shape index (κ1) is 29.8. The molecule has 0 heterocycles. The Kier molecular flexibility index (Phi) is 12.8. The van der Waals surface area contributed by atoms with Crippen LogP contribution in [0.15, 0.2) is 72.8 Å². The maximum atomic E-state index is 13.9. The van der Waals surface area contributed by atoms with E-state index in [4.69, 9.17) is 13.6 Å². The summed E-state index contributed by atoms with van der Waals surface area (Å²) in [6, 6.07) is 23.2. The van der Waals surface area contributed by atoms with Crippen molar-refractivity contribution in [3.05, 3.63) is 89.5 Å². The fraction of sp³-hybridized carbons (Fsp3) is 0.455. The summed E-state index contributed by atoms with van der Waals surface area (Å²) in [6.45, 7) is 6.61. The molecule has 5 heteroatoms. The second kappa shape index (κ2) is 16.3. The van der Waals surface area contributed by atoms with Crippen molar-refractivity contribution >= 4 is 7.82 Å². The van der Waals surface area contributed by atoms with Crippen LogP contribution in [0.4, 0.5) is 0 Å². The third-order valence-corrected chi connectivity index (χ3v) is 7.93. The van der Waals surface area contributed by atoms with Gasteiger partial charge < -0.3 is 13.6 Å². The van der Waals surface area contributed by atoms with Gasteiger partial charge in [0.25, 0.3) is 0 Å². The van der Waals surface area contributed by atoms with E-state index in [1.54, 1.807) is 0 Å². The Hall–Kier alpha value is -2.71. The largest absolute Gasteiger partial charge is 0.647 e. The zero-order valence-electron chi connectivity index (χ0n) is 23.5. The van der Waals surface area contributed by atoms with Crippen molar-refractivity contribution in [2.45, 2.75) is 97.8 Å². The minimum Gasteiger partial charge on any atom is -0.386 e. The van der Waals surface area contributed by atoms with Gasteiger partial charge in [0, 0.05) is 0 Å². The average molecular weight is 537 g/mol. The Morgan fingerprint density at radius 1 is 0.447 bits per heavy atom. The van der Waals surface area contributed by atoms with E-state index in [2.05, 4.69) is 20.8 Å². The number of aryl methyl sites for hydroxylation is 3. The van der Waals surface area contributed by atoms with Gasteiger partial charge in [0.2, 0.25) is 0 Å². The Balaban J connectivity index is 1.73. The Labute approximate surface area is 230 Å². The van der Waals surface area contributed by atoms with Crippen LogP contribution in [0.5, 0.6) is 17.2 Å². The summed E-state index contributed by atoms with van der Waals surface area (Å²) < 4.78 is 31.7. The van der Waals surface area contributed by atoms with Crippen LogP contribution in [0.25, 0.3) is 0 Å². The minimum atomic E-state index is -4.01. The van der Waals surface area contributed by atoms with Gasteiger partial charge in [0.15, 0.2) is 0 Å². The molecule has 0 aliphatic carbocycles. The molecule has 206 valence electrons. The van der Waals surface area contributed by atoms with Gasteiger partial charge in [-0.1, -0.05) is 95.7 Å². The summed E-state index contributed by atoms with van der Waals surface area (Å²) in [5.41, 5.74) is 3.71. The molecule has 3 aromatic carbocycles. The molecule has 0 aromatic heterocycles. The molecule has 0 atom stereocenters. The molecule has 0 aliphatic heterocycles. The lowest BCUT2D eigenvalue weighted by Gasteiger charge is -2.20. The molecular formula is C33H45O4P. The van der Waals surface area contributed by atoms with Gasteiger partial charge in [0.05, 0.1) is 0 Å². The van der Waals surface area contributed by atoms with Crippen molar-refractivity contribution in [2.75, 3.05) is 0 Å². The second-order valence-electron chi connectivity index (χ2n) is 10.0. The van der Waals surface area contributed by atoms with Crippen molar-refractivity contribution in [3.8, 4) is 17.2 Å². The summed E-state index contributed by atoms with van der Waals surface area (Å²) in [6.07, 6.45) is 13.8. The van der Waals surface area contributed by atoms with Gasteiger partial charge in [0.1, 0.15) is 17.2 Å². The topological polar surface area (TPSA) is 44.8 Å². The van der Waals surface area contributed by atoms with Gasteiger partial charge >= 0.3 is 7.82 Å². The van der Waals surface area contributed by atoms with Crippen molar-refractivity contribution in [3.63, 3.8) is 0 Å². The summed E-state index contributed by atoms with van der Waals surface area (Å²) in [7, 11) is -4.01. The van der Waals surface area contributed by atoms with E-state index < -0.39 is 7.82 Å². The standard InChI is InChI=1S/C33H45O4P/c1-4-7-10-13-28-16-22-31(23-17-28)35-38(34,36-32-24-18-29(19-25-32)14-11-8-5-2)37-33-26-20-30(21-27-33)15-12-9-6-3/h16-27H,4-15H2,1-3H3. The van der Waals surface area contributed by atoms with Crippen LogP contribution in [0.2, 0.25) is 0 Å². The van der Waals surface area contributed by atoms with Crippen LogP contribution in [0.1, 0.15) is 95.2 Å². The minimum absolute atomic E-state index is 0.458. The van der Waals surface area contributed by atoms with Gasteiger partial charge in [-0.15, -0.1) is 0 Å². The van der Waals surface area contributed by atoms with Gasteiger partial charge in [-0.25, -0.2) is 0 Å². The van der Waals surface area contributed by atoms with Crippen LogP contribution in [0, 0.1) is 0 Å². The predicted octanol–water partition coefficient (Wildman–Crippen LogP) is 10.5. The molecule has 38 heavy (non-hydrogen) atoms. The molecule has 0 spiro atoms. The Bertz CT molecular complexity index is 950. The van der Waals surface area contributed by atoms with Crippen LogP contribution < -0.4 is 13.6 Å². The smallest absolute Gasteiger partial charge is 0.386 e. The highest BCUT2D eigenvalue weighted by Crippen LogP contribution is 2.49. The lowest BCUT2D eigenvalue weighted by molar-refractivity contribution is 0.298. The first-order chi connectivity index (χ1) is 18.5. The van der Waals surface area contributed by atoms with Gasteiger partial charge in [-0.05, 0) is 91.6 Å². The SMILES string of the molecule is CCCCCc1ccc(OP(=O)(Oc2ccc(CCCCC)cc2)Oc2ccc(CCCCC)cc2)cc1. The first-order valence-corrected chi connectivity index (χ1v) is 15.9. The maximum absolute atomic E-state index is 13.9. The molecule has 4 nitrogen and oxygen atoms in total. The van der Waals surface area contributed by atoms with Gasteiger partial charge in [-0.2, -0.15) is 4.57 Å². The van der Waals surface area contributed by atoms with Gasteiger partial charge in [-0.3, -0.25) is 0 Å². The molecule has 0 N–H and O–H groups in total. The number of phosphoric acid groups is 1. The number of unbranched alkanes of at least 4 members (excludes halogenated alkanes) is 6. The summed E-state index contributed by atoms with van der Waals surface area (Å²) >= 11 is 0. The molecule has 3 rings (SSSR count). The summed E-state index contributed by atoms with van der Waals surface area (Å²) in [4.78, 5) is 0. The monoisotopic (exact) mass is 536 g/mol. The van der Waals surface area contributed by atoms with E-state index in [0.29, 0.717) is 17.2 Å². The Morgan fingerprint density at radius 2 is 0.711 bits per heavy atom. The number of hydrogen-bond acceptors (Lipinski definition) is 4. The molecule has 3 aromatic rings. The normalized spacial score (nSPS) is 11.3. The van der Waals surface area contributed by atoms with Crippen LogP contribution in [-0.2, 0) is 23.8 Å². The zero-order valence-corrected chi connectivity index (χ0v) is 24.4. The quantitative estimate of drug-likeness (QED) is 0.120. The number of benzene rings is 3. The van der Waals surface area contributed by atoms with Crippen LogP contribution in [0.3, 0.4) is 0 Å². The van der Waals surface area contributed by atoms with E-state index in [0.717, 1.165) is 38.5 Å². The molecule has 0 bridgehead atoms. The molecule has 0 unspecified atom stereocenters. The lowest BCUT2D eigenvalue weighted by atomic mass is 10.1. The second-order valence-corrected chi connectivity index (χ2v) is 11.5. The number of rotatable bonds is 18. The number of phosphoric ester groups is 1. The molecule has 0 saturated heterocycles. The summed E-state index contributed by atoms with van der Waals surface area (Å²) in [5, 5.41) is 0. The van der Waals surface area contributed by atoms with E-state index in [1.165, 1.54) is 55.2 Å². The molecule has 0 amide bonds.